The van der Waals surface area contributed by atoms with Crippen LogP contribution < -0.4 is 11.0 Å². The number of fused-ring (bicyclic) bond motifs is 1. The summed E-state index contributed by atoms with van der Waals surface area (Å²) >= 11 is 0. The third-order valence-corrected chi connectivity index (χ3v) is 3.29. The average molecular weight is 262 g/mol. The summed E-state index contributed by atoms with van der Waals surface area (Å²) in [5.74, 6) is 0.819. The molecule has 0 radical (unpaired) electrons. The van der Waals surface area contributed by atoms with E-state index in [-0.39, 0.29) is 17.6 Å². The van der Waals surface area contributed by atoms with Gasteiger partial charge in [0.05, 0.1) is 0 Å². The molecule has 1 aliphatic rings. The quantitative estimate of drug-likeness (QED) is 0.757. The highest BCUT2D eigenvalue weighted by Crippen LogP contribution is 2.14. The second kappa shape index (κ2) is 4.38. The molecule has 0 spiro atoms. The van der Waals surface area contributed by atoms with E-state index in [4.69, 9.17) is 0 Å². The number of aromatic amines is 1. The van der Waals surface area contributed by atoms with Crippen molar-refractivity contribution in [1.29, 1.82) is 0 Å². The van der Waals surface area contributed by atoms with Gasteiger partial charge in [-0.1, -0.05) is 0 Å². The molecule has 2 N–H and O–H groups in total. The summed E-state index contributed by atoms with van der Waals surface area (Å²) in [6.07, 6.45) is 2.75. The minimum absolute atomic E-state index is 0.167. The van der Waals surface area contributed by atoms with Gasteiger partial charge in [-0.3, -0.25) is 4.79 Å². The molecule has 2 aromatic rings. The smallest absolute Gasteiger partial charge is 0.348 e. The highest BCUT2D eigenvalue weighted by atomic mass is 16.2. The summed E-state index contributed by atoms with van der Waals surface area (Å²) in [7, 11) is 1.79. The van der Waals surface area contributed by atoms with Crippen LogP contribution in [0.1, 0.15) is 12.8 Å². The monoisotopic (exact) mass is 262 g/mol. The standard InChI is InChI=1S/C11H14N6O2/c1-16-5-7(2-3-10(16)18)13-8-4-9-14-15-11(19)17(9)6-12-8/h4,6-7,13H,2-3,5H2,1H3,(H,15,19). The molecule has 8 nitrogen and oxygen atoms in total. The second-order valence-electron chi connectivity index (χ2n) is 4.69. The molecule has 8 heteroatoms. The van der Waals surface area contributed by atoms with Gasteiger partial charge in [0.15, 0.2) is 5.65 Å². The van der Waals surface area contributed by atoms with Crippen molar-refractivity contribution in [3.63, 3.8) is 0 Å². The molecule has 3 heterocycles. The Bertz CT molecular complexity index is 675. The van der Waals surface area contributed by atoms with E-state index in [1.807, 2.05) is 0 Å². The lowest BCUT2D eigenvalue weighted by Crippen LogP contribution is -2.43. The highest BCUT2D eigenvalue weighted by molar-refractivity contribution is 5.77. The molecule has 1 saturated heterocycles. The molecule has 1 unspecified atom stereocenters. The van der Waals surface area contributed by atoms with Crippen LogP contribution in [0.4, 0.5) is 5.82 Å². The Morgan fingerprint density at radius 3 is 3.11 bits per heavy atom. The van der Waals surface area contributed by atoms with Crippen LogP contribution in [0.5, 0.6) is 0 Å². The van der Waals surface area contributed by atoms with Crippen LogP contribution in [-0.4, -0.2) is 50.0 Å². The molecular weight excluding hydrogens is 248 g/mol. The van der Waals surface area contributed by atoms with Gasteiger partial charge in [0.25, 0.3) is 0 Å². The number of likely N-dealkylation sites (N-methyl/N-ethyl adjacent to an activating group) is 1. The minimum Gasteiger partial charge on any atom is -0.365 e. The van der Waals surface area contributed by atoms with Crippen LogP contribution in [0.25, 0.3) is 5.65 Å². The predicted octanol–water partition coefficient (Wildman–Crippen LogP) is -0.550. The number of anilines is 1. The van der Waals surface area contributed by atoms with Crippen molar-refractivity contribution in [2.24, 2.45) is 0 Å². The van der Waals surface area contributed by atoms with Gasteiger partial charge in [-0.25, -0.2) is 19.3 Å². The Kier molecular flexibility index (Phi) is 2.69. The van der Waals surface area contributed by atoms with Gasteiger partial charge in [0, 0.05) is 32.1 Å². The van der Waals surface area contributed by atoms with Gasteiger partial charge in [-0.2, -0.15) is 5.10 Å². The van der Waals surface area contributed by atoms with Crippen molar-refractivity contribution in [1.82, 2.24) is 24.5 Å². The van der Waals surface area contributed by atoms with Crippen molar-refractivity contribution >= 4 is 17.4 Å². The molecule has 100 valence electrons. The van der Waals surface area contributed by atoms with Gasteiger partial charge in [0.2, 0.25) is 5.91 Å². The van der Waals surface area contributed by atoms with Crippen molar-refractivity contribution in [3.8, 4) is 0 Å². The third-order valence-electron chi connectivity index (χ3n) is 3.29. The normalized spacial score (nSPS) is 19.9. The number of aromatic nitrogens is 4. The summed E-state index contributed by atoms with van der Waals surface area (Å²) in [6.45, 7) is 0.652. The lowest BCUT2D eigenvalue weighted by molar-refractivity contribution is -0.132. The van der Waals surface area contributed by atoms with Crippen molar-refractivity contribution in [2.45, 2.75) is 18.9 Å². The first-order valence-electron chi connectivity index (χ1n) is 6.07. The summed E-state index contributed by atoms with van der Waals surface area (Å²) in [5.41, 5.74) is 0.208. The Morgan fingerprint density at radius 2 is 2.32 bits per heavy atom. The Hall–Kier alpha value is -2.38. The molecule has 0 aromatic carbocycles. The van der Waals surface area contributed by atoms with Gasteiger partial charge in [0.1, 0.15) is 12.1 Å². The molecule has 0 aliphatic carbocycles. The zero-order valence-corrected chi connectivity index (χ0v) is 10.5. The summed E-state index contributed by atoms with van der Waals surface area (Å²) in [4.78, 5) is 28.6. The van der Waals surface area contributed by atoms with E-state index in [0.717, 1.165) is 6.42 Å². The van der Waals surface area contributed by atoms with Gasteiger partial charge < -0.3 is 10.2 Å². The van der Waals surface area contributed by atoms with Crippen LogP contribution in [0.2, 0.25) is 0 Å². The fourth-order valence-corrected chi connectivity index (χ4v) is 2.23. The zero-order chi connectivity index (χ0) is 13.4. The second-order valence-corrected chi connectivity index (χ2v) is 4.69. The average Bonchev–Trinajstić information content (AvgIpc) is 2.75. The van der Waals surface area contributed by atoms with Gasteiger partial charge in [-0.15, -0.1) is 0 Å². The number of rotatable bonds is 2. The fourth-order valence-electron chi connectivity index (χ4n) is 2.23. The Morgan fingerprint density at radius 1 is 1.47 bits per heavy atom. The Labute approximate surface area is 108 Å². The van der Waals surface area contributed by atoms with Crippen molar-refractivity contribution in [2.75, 3.05) is 18.9 Å². The fraction of sp³-hybridized carbons (Fsp3) is 0.455. The first-order valence-corrected chi connectivity index (χ1v) is 6.07. The molecule has 19 heavy (non-hydrogen) atoms. The molecule has 1 aliphatic heterocycles. The number of hydrogen-bond acceptors (Lipinski definition) is 5. The highest BCUT2D eigenvalue weighted by Gasteiger charge is 2.22. The van der Waals surface area contributed by atoms with Crippen LogP contribution in [0.15, 0.2) is 17.2 Å². The first kappa shape index (κ1) is 11.7. The van der Waals surface area contributed by atoms with Crippen LogP contribution in [-0.2, 0) is 4.79 Å². The molecule has 1 amide bonds. The summed E-state index contributed by atoms with van der Waals surface area (Å²) in [5, 5.41) is 9.50. The van der Waals surface area contributed by atoms with E-state index in [1.54, 1.807) is 18.0 Å². The SMILES string of the molecule is CN1CC(Nc2cc3n[nH]c(=O)n3cn2)CCC1=O. The van der Waals surface area contributed by atoms with Crippen molar-refractivity contribution < 1.29 is 4.79 Å². The van der Waals surface area contributed by atoms with Gasteiger partial charge in [-0.05, 0) is 6.42 Å². The molecular formula is C11H14N6O2. The number of hydrogen-bond donors (Lipinski definition) is 2. The lowest BCUT2D eigenvalue weighted by atomic mass is 10.1. The summed E-state index contributed by atoms with van der Waals surface area (Å²) in [6, 6.07) is 1.87. The maximum absolute atomic E-state index is 11.4. The third kappa shape index (κ3) is 2.16. The van der Waals surface area contributed by atoms with E-state index in [2.05, 4.69) is 20.5 Å². The lowest BCUT2D eigenvalue weighted by Gasteiger charge is -2.30. The topological polar surface area (TPSA) is 95.4 Å². The number of nitrogens with one attached hydrogen (secondary N) is 2. The first-order chi connectivity index (χ1) is 9.13. The summed E-state index contributed by atoms with van der Waals surface area (Å²) < 4.78 is 1.34. The Balaban J connectivity index is 1.78. The number of nitrogens with zero attached hydrogens (tertiary/aromatic N) is 4. The number of H-pyrrole nitrogens is 1. The van der Waals surface area contributed by atoms with E-state index in [1.165, 1.54) is 10.7 Å². The van der Waals surface area contributed by atoms with Crippen LogP contribution >= 0.6 is 0 Å². The zero-order valence-electron chi connectivity index (χ0n) is 10.5. The molecule has 0 saturated carbocycles. The van der Waals surface area contributed by atoms with E-state index >= 15 is 0 Å². The number of likely N-dealkylation sites (tertiary alicyclic amines) is 1. The predicted molar refractivity (Wildman–Crippen MR) is 67.9 cm³/mol. The minimum atomic E-state index is -0.308. The number of piperidine rings is 1. The largest absolute Gasteiger partial charge is 0.365 e. The maximum atomic E-state index is 11.4. The van der Waals surface area contributed by atoms with E-state index < -0.39 is 0 Å². The number of carbonyl (C=O) groups excluding carboxylic acids is 1. The molecule has 2 aromatic heterocycles. The molecule has 1 atom stereocenters. The van der Waals surface area contributed by atoms with Crippen LogP contribution in [0, 0.1) is 0 Å². The molecule has 0 bridgehead atoms. The van der Waals surface area contributed by atoms with Gasteiger partial charge >= 0.3 is 5.69 Å². The van der Waals surface area contributed by atoms with E-state index in [9.17, 15) is 9.59 Å². The van der Waals surface area contributed by atoms with Crippen molar-refractivity contribution in [3.05, 3.63) is 22.9 Å². The molecule has 3 rings (SSSR count). The maximum Gasteiger partial charge on any atom is 0.348 e. The number of carbonyl (C=O) groups is 1. The van der Waals surface area contributed by atoms with E-state index in [0.29, 0.717) is 24.4 Å². The number of amides is 1. The van der Waals surface area contributed by atoms with Crippen LogP contribution in [0.3, 0.4) is 0 Å². The molecule has 1 fully saturated rings.